The van der Waals surface area contributed by atoms with Crippen molar-refractivity contribution < 1.29 is 0 Å². The van der Waals surface area contributed by atoms with Gasteiger partial charge in [0.25, 0.3) is 0 Å². The molecule has 1 aliphatic heterocycles. The summed E-state index contributed by atoms with van der Waals surface area (Å²) in [6.07, 6.45) is 8.95. The maximum atomic E-state index is 6.18. The number of nitrogens with zero attached hydrogens (tertiary/aromatic N) is 3. The number of rotatable bonds is 2. The van der Waals surface area contributed by atoms with E-state index in [0.29, 0.717) is 12.1 Å². The van der Waals surface area contributed by atoms with Gasteiger partial charge in [-0.15, -0.1) is 0 Å². The van der Waals surface area contributed by atoms with Gasteiger partial charge in [0.2, 0.25) is 0 Å². The zero-order valence-corrected chi connectivity index (χ0v) is 11.9. The molecule has 1 saturated heterocycles. The number of nitrogens with two attached hydrogens (primary N) is 1. The quantitative estimate of drug-likeness (QED) is 0.600. The Morgan fingerprint density at radius 3 is 2.56 bits per heavy atom. The van der Waals surface area contributed by atoms with E-state index in [1.807, 2.05) is 0 Å². The van der Waals surface area contributed by atoms with Crippen LogP contribution in [0.25, 0.3) is 0 Å². The summed E-state index contributed by atoms with van der Waals surface area (Å²) in [5.41, 5.74) is 6.18. The van der Waals surface area contributed by atoms with Gasteiger partial charge in [0.05, 0.1) is 6.04 Å². The van der Waals surface area contributed by atoms with Crippen molar-refractivity contribution in [2.24, 2.45) is 10.7 Å². The number of piperidine rings is 1. The Hall–Kier alpha value is -0.770. The topological polar surface area (TPSA) is 44.9 Å². The van der Waals surface area contributed by atoms with Crippen LogP contribution in [0, 0.1) is 0 Å². The fraction of sp³-hybridized carbons (Fsp3) is 0.929. The molecule has 0 aromatic heterocycles. The van der Waals surface area contributed by atoms with E-state index in [4.69, 9.17) is 10.7 Å². The van der Waals surface area contributed by atoms with Gasteiger partial charge in [-0.05, 0) is 39.3 Å². The highest BCUT2D eigenvalue weighted by Crippen LogP contribution is 2.21. The van der Waals surface area contributed by atoms with Crippen LogP contribution in [0.1, 0.15) is 44.9 Å². The van der Waals surface area contributed by atoms with Crippen LogP contribution in [0.15, 0.2) is 4.99 Å². The molecular weight excluding hydrogens is 224 g/mol. The Balaban J connectivity index is 1.89. The fourth-order valence-electron chi connectivity index (χ4n) is 3.13. The smallest absolute Gasteiger partial charge is 0.191 e. The van der Waals surface area contributed by atoms with Gasteiger partial charge in [0, 0.05) is 19.6 Å². The van der Waals surface area contributed by atoms with Gasteiger partial charge >= 0.3 is 0 Å². The summed E-state index contributed by atoms with van der Waals surface area (Å²) < 4.78 is 0. The van der Waals surface area contributed by atoms with Crippen LogP contribution in [0.3, 0.4) is 0 Å². The minimum absolute atomic E-state index is 0.475. The predicted octanol–water partition coefficient (Wildman–Crippen LogP) is 1.66. The zero-order chi connectivity index (χ0) is 13.0. The van der Waals surface area contributed by atoms with Crippen LogP contribution in [-0.4, -0.2) is 55.0 Å². The molecule has 0 radical (unpaired) electrons. The van der Waals surface area contributed by atoms with E-state index in [2.05, 4.69) is 23.9 Å². The molecule has 1 saturated carbocycles. The van der Waals surface area contributed by atoms with Crippen molar-refractivity contribution in [3.05, 3.63) is 0 Å². The third-order valence-corrected chi connectivity index (χ3v) is 4.40. The highest BCUT2D eigenvalue weighted by Gasteiger charge is 2.23. The SMILES string of the molecule is CN1CCCC(N(C)C(N)=NC2CCCCC2)C1. The molecule has 0 bridgehead atoms. The van der Waals surface area contributed by atoms with Gasteiger partial charge in [-0.3, -0.25) is 0 Å². The monoisotopic (exact) mass is 252 g/mol. The molecule has 18 heavy (non-hydrogen) atoms. The summed E-state index contributed by atoms with van der Waals surface area (Å²) >= 11 is 0. The Morgan fingerprint density at radius 2 is 1.89 bits per heavy atom. The van der Waals surface area contributed by atoms with Crippen molar-refractivity contribution >= 4 is 5.96 Å². The van der Waals surface area contributed by atoms with Crippen molar-refractivity contribution in [1.29, 1.82) is 0 Å². The second kappa shape index (κ2) is 6.41. The van der Waals surface area contributed by atoms with Crippen LogP contribution >= 0.6 is 0 Å². The van der Waals surface area contributed by atoms with Crippen molar-refractivity contribution in [3.8, 4) is 0 Å². The molecule has 1 unspecified atom stereocenters. The molecule has 2 fully saturated rings. The second-order valence-electron chi connectivity index (χ2n) is 5.95. The van der Waals surface area contributed by atoms with Gasteiger partial charge in [0.1, 0.15) is 0 Å². The van der Waals surface area contributed by atoms with Crippen molar-refractivity contribution in [2.75, 3.05) is 27.2 Å². The highest BCUT2D eigenvalue weighted by atomic mass is 15.3. The molecule has 4 nitrogen and oxygen atoms in total. The largest absolute Gasteiger partial charge is 0.370 e. The summed E-state index contributed by atoms with van der Waals surface area (Å²) in [6.45, 7) is 2.32. The van der Waals surface area contributed by atoms with E-state index < -0.39 is 0 Å². The molecule has 0 aromatic rings. The molecule has 2 aliphatic rings. The summed E-state index contributed by atoms with van der Waals surface area (Å²) in [4.78, 5) is 9.32. The highest BCUT2D eigenvalue weighted by molar-refractivity contribution is 5.78. The van der Waals surface area contributed by atoms with Crippen molar-refractivity contribution in [3.63, 3.8) is 0 Å². The first kappa shape index (κ1) is 13.7. The van der Waals surface area contributed by atoms with E-state index in [9.17, 15) is 0 Å². The zero-order valence-electron chi connectivity index (χ0n) is 11.9. The molecule has 0 amide bonds. The molecule has 2 N–H and O–H groups in total. The number of hydrogen-bond donors (Lipinski definition) is 1. The molecule has 0 aromatic carbocycles. The van der Waals surface area contributed by atoms with Gasteiger partial charge in [0.15, 0.2) is 5.96 Å². The average Bonchev–Trinajstić information content (AvgIpc) is 2.39. The van der Waals surface area contributed by atoms with E-state index in [1.54, 1.807) is 0 Å². The van der Waals surface area contributed by atoms with Crippen molar-refractivity contribution in [2.45, 2.75) is 57.0 Å². The lowest BCUT2D eigenvalue weighted by molar-refractivity contribution is 0.180. The molecular formula is C14H28N4. The molecule has 2 rings (SSSR count). The Kier molecular flexibility index (Phi) is 4.87. The first-order chi connectivity index (χ1) is 8.66. The van der Waals surface area contributed by atoms with Crippen molar-refractivity contribution in [1.82, 2.24) is 9.80 Å². The lowest BCUT2D eigenvalue weighted by Crippen LogP contribution is -2.50. The standard InChI is InChI=1S/C14H28N4/c1-17-10-6-9-13(11-17)18(2)14(15)16-12-7-4-3-5-8-12/h12-13H,3-11H2,1-2H3,(H2,15,16). The Morgan fingerprint density at radius 1 is 1.17 bits per heavy atom. The third kappa shape index (κ3) is 3.61. The molecule has 1 atom stereocenters. The van der Waals surface area contributed by atoms with Crippen LogP contribution in [0.4, 0.5) is 0 Å². The van der Waals surface area contributed by atoms with E-state index >= 15 is 0 Å². The molecule has 1 aliphatic carbocycles. The lowest BCUT2D eigenvalue weighted by Gasteiger charge is -2.36. The van der Waals surface area contributed by atoms with Crippen LogP contribution in [-0.2, 0) is 0 Å². The first-order valence-corrected chi connectivity index (χ1v) is 7.41. The number of aliphatic imine (C=N–C) groups is 1. The van der Waals surface area contributed by atoms with E-state index in [1.165, 1.54) is 51.5 Å². The van der Waals surface area contributed by atoms with Crippen LogP contribution < -0.4 is 5.73 Å². The third-order valence-electron chi connectivity index (χ3n) is 4.40. The average molecular weight is 252 g/mol. The number of guanidine groups is 1. The number of hydrogen-bond acceptors (Lipinski definition) is 2. The van der Waals surface area contributed by atoms with Gasteiger partial charge in [-0.2, -0.15) is 0 Å². The molecule has 4 heteroatoms. The molecule has 0 spiro atoms. The Bertz CT molecular complexity index is 284. The fourth-order valence-corrected chi connectivity index (χ4v) is 3.13. The lowest BCUT2D eigenvalue weighted by atomic mass is 9.96. The summed E-state index contributed by atoms with van der Waals surface area (Å²) in [5.74, 6) is 0.752. The minimum atomic E-state index is 0.475. The predicted molar refractivity (Wildman–Crippen MR) is 76.8 cm³/mol. The van der Waals surface area contributed by atoms with Gasteiger partial charge in [-0.25, -0.2) is 4.99 Å². The number of likely N-dealkylation sites (N-methyl/N-ethyl adjacent to an activating group) is 2. The Labute approximate surface area is 111 Å². The summed E-state index contributed by atoms with van der Waals surface area (Å²) in [6, 6.07) is 1.01. The maximum absolute atomic E-state index is 6.18. The maximum Gasteiger partial charge on any atom is 0.191 e. The summed E-state index contributed by atoms with van der Waals surface area (Å²) in [7, 11) is 4.29. The van der Waals surface area contributed by atoms with Crippen LogP contribution in [0.2, 0.25) is 0 Å². The second-order valence-corrected chi connectivity index (χ2v) is 5.95. The minimum Gasteiger partial charge on any atom is -0.370 e. The summed E-state index contributed by atoms with van der Waals surface area (Å²) in [5, 5.41) is 0. The van der Waals surface area contributed by atoms with Gasteiger partial charge in [-0.1, -0.05) is 19.3 Å². The molecule has 104 valence electrons. The normalized spacial score (nSPS) is 28.3. The molecule has 1 heterocycles. The van der Waals surface area contributed by atoms with Gasteiger partial charge < -0.3 is 15.5 Å². The van der Waals surface area contributed by atoms with E-state index in [-0.39, 0.29) is 0 Å². The number of likely N-dealkylation sites (tertiary alicyclic amines) is 1. The van der Waals surface area contributed by atoms with Crippen LogP contribution in [0.5, 0.6) is 0 Å². The van der Waals surface area contributed by atoms with E-state index in [0.717, 1.165) is 12.5 Å². The first-order valence-electron chi connectivity index (χ1n) is 7.41.